The summed E-state index contributed by atoms with van der Waals surface area (Å²) in [5.74, 6) is -0.0211. The van der Waals surface area contributed by atoms with Gasteiger partial charge < -0.3 is 4.52 Å². The lowest BCUT2D eigenvalue weighted by Gasteiger charge is -2.21. The minimum atomic E-state index is -3.88. The van der Waals surface area contributed by atoms with E-state index >= 15 is 0 Å². The Morgan fingerprint density at radius 2 is 1.96 bits per heavy atom. The molecule has 0 bridgehead atoms. The molecule has 2 aromatic carbocycles. The van der Waals surface area contributed by atoms with E-state index in [1.807, 2.05) is 31.2 Å². The summed E-state index contributed by atoms with van der Waals surface area (Å²) >= 11 is 5.76. The molecule has 28 heavy (non-hydrogen) atoms. The van der Waals surface area contributed by atoms with E-state index in [4.69, 9.17) is 16.1 Å². The predicted molar refractivity (Wildman–Crippen MR) is 102 cm³/mol. The van der Waals surface area contributed by atoms with Gasteiger partial charge in [-0.3, -0.25) is 0 Å². The average molecular weight is 422 g/mol. The number of nitrogens with zero attached hydrogens (tertiary/aromatic N) is 3. The number of aromatic nitrogens is 2. The van der Waals surface area contributed by atoms with Crippen LogP contribution >= 0.6 is 11.6 Å². The van der Waals surface area contributed by atoms with Gasteiger partial charge in [0.25, 0.3) is 0 Å². The SMILES string of the molecule is Cc1ccc(-c2noc([C@H]3CCCN3S(=O)(=O)c3ccc(F)c(Cl)c3)n2)cc1. The maximum Gasteiger partial charge on any atom is 0.245 e. The highest BCUT2D eigenvalue weighted by Gasteiger charge is 2.39. The fraction of sp³-hybridized carbons (Fsp3) is 0.263. The molecule has 0 N–H and O–H groups in total. The van der Waals surface area contributed by atoms with E-state index in [1.165, 1.54) is 10.4 Å². The molecule has 1 fully saturated rings. The van der Waals surface area contributed by atoms with Gasteiger partial charge >= 0.3 is 0 Å². The van der Waals surface area contributed by atoms with Gasteiger partial charge in [-0.1, -0.05) is 46.6 Å². The van der Waals surface area contributed by atoms with Gasteiger partial charge in [0.15, 0.2) is 0 Å². The van der Waals surface area contributed by atoms with Crippen LogP contribution in [0.3, 0.4) is 0 Å². The van der Waals surface area contributed by atoms with E-state index in [2.05, 4.69) is 10.1 Å². The highest BCUT2D eigenvalue weighted by molar-refractivity contribution is 7.89. The second-order valence-corrected chi connectivity index (χ2v) is 8.97. The number of rotatable bonds is 4. The Morgan fingerprint density at radius 3 is 2.68 bits per heavy atom. The molecule has 1 aliphatic rings. The van der Waals surface area contributed by atoms with Crippen LogP contribution in [0.25, 0.3) is 11.4 Å². The van der Waals surface area contributed by atoms with Crippen molar-refractivity contribution in [1.29, 1.82) is 0 Å². The third-order valence-corrected chi connectivity index (χ3v) is 6.93. The first-order valence-corrected chi connectivity index (χ1v) is 10.6. The molecule has 0 amide bonds. The number of sulfonamides is 1. The normalized spacial score (nSPS) is 17.9. The average Bonchev–Trinajstić information content (AvgIpc) is 3.33. The van der Waals surface area contributed by atoms with Crippen LogP contribution in [0.15, 0.2) is 51.9 Å². The van der Waals surface area contributed by atoms with Gasteiger partial charge in [0, 0.05) is 12.1 Å². The number of aryl methyl sites for hydroxylation is 1. The number of hydrogen-bond donors (Lipinski definition) is 0. The summed E-state index contributed by atoms with van der Waals surface area (Å²) in [7, 11) is -3.88. The molecular weight excluding hydrogens is 405 g/mol. The van der Waals surface area contributed by atoms with Crippen molar-refractivity contribution >= 4 is 21.6 Å². The van der Waals surface area contributed by atoms with Crippen molar-refractivity contribution in [2.75, 3.05) is 6.54 Å². The van der Waals surface area contributed by atoms with E-state index in [0.29, 0.717) is 25.2 Å². The first kappa shape index (κ1) is 19.0. The third-order valence-electron chi connectivity index (χ3n) is 4.74. The zero-order chi connectivity index (χ0) is 19.9. The molecule has 0 saturated carbocycles. The van der Waals surface area contributed by atoms with Gasteiger partial charge in [0.2, 0.25) is 21.7 Å². The van der Waals surface area contributed by atoms with Crippen LogP contribution in [0.4, 0.5) is 4.39 Å². The molecule has 1 aliphatic heterocycles. The van der Waals surface area contributed by atoms with Gasteiger partial charge in [-0.2, -0.15) is 9.29 Å². The fourth-order valence-corrected chi connectivity index (χ4v) is 5.16. The zero-order valence-electron chi connectivity index (χ0n) is 15.0. The minimum absolute atomic E-state index is 0.0657. The molecule has 0 radical (unpaired) electrons. The smallest absolute Gasteiger partial charge is 0.245 e. The second-order valence-electron chi connectivity index (χ2n) is 6.67. The van der Waals surface area contributed by atoms with Gasteiger partial charge in [0.05, 0.1) is 9.92 Å². The van der Waals surface area contributed by atoms with Crippen molar-refractivity contribution in [1.82, 2.24) is 14.4 Å². The number of halogens is 2. The Morgan fingerprint density at radius 1 is 1.21 bits per heavy atom. The topological polar surface area (TPSA) is 76.3 Å². The Bertz CT molecular complexity index is 1120. The molecule has 1 saturated heterocycles. The van der Waals surface area contributed by atoms with E-state index in [0.717, 1.165) is 23.3 Å². The standard InChI is InChI=1S/C19H17ClFN3O3S/c1-12-4-6-13(7-5-12)18-22-19(27-23-18)17-3-2-10-24(17)28(25,26)14-8-9-16(21)15(20)11-14/h4-9,11,17H,2-3,10H2,1H3/t17-/m1/s1. The molecule has 0 aliphatic carbocycles. The maximum atomic E-state index is 13.4. The number of benzene rings is 2. The Hall–Kier alpha value is -2.29. The highest BCUT2D eigenvalue weighted by atomic mass is 35.5. The predicted octanol–water partition coefficient (Wildman–Crippen LogP) is 4.36. The van der Waals surface area contributed by atoms with Crippen LogP contribution in [0.2, 0.25) is 5.02 Å². The van der Waals surface area contributed by atoms with Crippen molar-refractivity contribution in [3.05, 3.63) is 64.8 Å². The molecule has 0 spiro atoms. The lowest BCUT2D eigenvalue weighted by atomic mass is 10.1. The van der Waals surface area contributed by atoms with Crippen molar-refractivity contribution in [3.8, 4) is 11.4 Å². The summed E-state index contributed by atoms with van der Waals surface area (Å²) in [6.07, 6.45) is 1.21. The molecule has 0 unspecified atom stereocenters. The maximum absolute atomic E-state index is 13.4. The van der Waals surface area contributed by atoms with Crippen molar-refractivity contribution in [2.45, 2.75) is 30.7 Å². The van der Waals surface area contributed by atoms with Crippen LogP contribution in [0.1, 0.15) is 30.3 Å². The summed E-state index contributed by atoms with van der Waals surface area (Å²) < 4.78 is 46.2. The molecule has 2 heterocycles. The van der Waals surface area contributed by atoms with Crippen molar-refractivity contribution in [3.63, 3.8) is 0 Å². The summed E-state index contributed by atoms with van der Waals surface area (Å²) in [4.78, 5) is 4.35. The van der Waals surface area contributed by atoms with Gasteiger partial charge in [-0.15, -0.1) is 0 Å². The molecule has 1 aromatic heterocycles. The van der Waals surface area contributed by atoms with Crippen molar-refractivity contribution in [2.24, 2.45) is 0 Å². The molecule has 3 aromatic rings. The van der Waals surface area contributed by atoms with E-state index in [1.54, 1.807) is 0 Å². The third kappa shape index (κ3) is 3.43. The van der Waals surface area contributed by atoms with Gasteiger partial charge in [-0.05, 0) is 38.0 Å². The van der Waals surface area contributed by atoms with Crippen molar-refractivity contribution < 1.29 is 17.3 Å². The van der Waals surface area contributed by atoms with Crippen LogP contribution < -0.4 is 0 Å². The summed E-state index contributed by atoms with van der Waals surface area (Å²) in [6, 6.07) is 10.4. The summed E-state index contributed by atoms with van der Waals surface area (Å²) in [5, 5.41) is 3.76. The van der Waals surface area contributed by atoms with Crippen LogP contribution in [0.5, 0.6) is 0 Å². The Labute approximate surface area is 167 Å². The fourth-order valence-electron chi connectivity index (χ4n) is 3.24. The first-order chi connectivity index (χ1) is 13.4. The van der Waals surface area contributed by atoms with E-state index in [9.17, 15) is 12.8 Å². The van der Waals surface area contributed by atoms with Gasteiger partial charge in [-0.25, -0.2) is 12.8 Å². The highest BCUT2D eigenvalue weighted by Crippen LogP contribution is 2.37. The van der Waals surface area contributed by atoms with E-state index in [-0.39, 0.29) is 15.8 Å². The molecule has 1 atom stereocenters. The molecule has 4 rings (SSSR count). The van der Waals surface area contributed by atoms with Crippen LogP contribution in [0, 0.1) is 12.7 Å². The van der Waals surface area contributed by atoms with E-state index < -0.39 is 21.9 Å². The Kier molecular flexibility index (Phi) is 4.95. The second kappa shape index (κ2) is 7.27. The zero-order valence-corrected chi connectivity index (χ0v) is 16.5. The lowest BCUT2D eigenvalue weighted by Crippen LogP contribution is -2.30. The van der Waals surface area contributed by atoms with Crippen LogP contribution in [-0.4, -0.2) is 29.4 Å². The molecule has 6 nitrogen and oxygen atoms in total. The molecular formula is C19H17ClFN3O3S. The Balaban J connectivity index is 1.65. The summed E-state index contributed by atoms with van der Waals surface area (Å²) in [6.45, 7) is 2.29. The number of hydrogen-bond acceptors (Lipinski definition) is 5. The molecule has 9 heteroatoms. The largest absolute Gasteiger partial charge is 0.337 e. The monoisotopic (exact) mass is 421 g/mol. The quantitative estimate of drug-likeness (QED) is 0.625. The van der Waals surface area contributed by atoms with Gasteiger partial charge in [0.1, 0.15) is 11.9 Å². The van der Waals surface area contributed by atoms with Crippen LogP contribution in [-0.2, 0) is 10.0 Å². The summed E-state index contributed by atoms with van der Waals surface area (Å²) in [5.41, 5.74) is 1.90. The minimum Gasteiger partial charge on any atom is -0.337 e. The lowest BCUT2D eigenvalue weighted by molar-refractivity contribution is 0.290. The molecule has 146 valence electrons. The first-order valence-electron chi connectivity index (χ1n) is 8.74.